The van der Waals surface area contributed by atoms with Gasteiger partial charge < -0.3 is 24.7 Å². The van der Waals surface area contributed by atoms with Crippen molar-refractivity contribution in [1.82, 2.24) is 14.9 Å². The maximum absolute atomic E-state index is 13.2. The Kier molecular flexibility index (Phi) is 9.31. The summed E-state index contributed by atoms with van der Waals surface area (Å²) >= 11 is 6.42. The van der Waals surface area contributed by atoms with Crippen molar-refractivity contribution in [2.75, 3.05) is 37.9 Å². The molecule has 0 radical (unpaired) electrons. The number of carbonyl (C=O) groups excluding carboxylic acids is 1. The normalized spacial score (nSPS) is 15.0. The molecule has 1 saturated heterocycles. The van der Waals surface area contributed by atoms with Crippen LogP contribution in [0.4, 0.5) is 17.3 Å². The van der Waals surface area contributed by atoms with E-state index in [0.717, 1.165) is 18.8 Å². The largest absolute Gasteiger partial charge is 0.543 e. The van der Waals surface area contributed by atoms with E-state index >= 15 is 0 Å². The summed E-state index contributed by atoms with van der Waals surface area (Å²) in [5.74, 6) is 1.31. The molecule has 8 nitrogen and oxygen atoms in total. The van der Waals surface area contributed by atoms with Gasteiger partial charge in [-0.3, -0.25) is 4.79 Å². The first-order chi connectivity index (χ1) is 19.3. The van der Waals surface area contributed by atoms with Crippen LogP contribution in [0.25, 0.3) is 0 Å². The molecule has 2 heterocycles. The van der Waals surface area contributed by atoms with Gasteiger partial charge in [0, 0.05) is 18.0 Å². The van der Waals surface area contributed by atoms with Gasteiger partial charge in [0.2, 0.25) is 20.1 Å². The van der Waals surface area contributed by atoms with Crippen LogP contribution in [-0.2, 0) is 0 Å². The van der Waals surface area contributed by atoms with Gasteiger partial charge in [-0.25, -0.2) is 4.98 Å². The highest BCUT2D eigenvalue weighted by molar-refractivity contribution is 6.74. The van der Waals surface area contributed by atoms with Gasteiger partial charge in [0.25, 0.3) is 5.91 Å². The maximum atomic E-state index is 13.2. The molecule has 0 atom stereocenters. The molecule has 3 aromatic rings. The highest BCUT2D eigenvalue weighted by atomic mass is 35.5. The third kappa shape index (κ3) is 7.39. The van der Waals surface area contributed by atoms with Crippen molar-refractivity contribution in [1.29, 1.82) is 0 Å². The molecule has 0 bridgehead atoms. The summed E-state index contributed by atoms with van der Waals surface area (Å²) in [5, 5.41) is 6.54. The van der Waals surface area contributed by atoms with E-state index < -0.39 is 14.2 Å². The minimum absolute atomic E-state index is 0.0317. The molecule has 10 heteroatoms. The Bertz CT molecular complexity index is 1400. The van der Waals surface area contributed by atoms with Crippen molar-refractivity contribution in [3.8, 4) is 11.6 Å². The van der Waals surface area contributed by atoms with E-state index in [9.17, 15) is 4.79 Å². The molecular weight excluding hydrogens is 554 g/mol. The van der Waals surface area contributed by atoms with Crippen LogP contribution in [0.3, 0.4) is 0 Å². The predicted molar refractivity (Wildman–Crippen MR) is 170 cm³/mol. The highest BCUT2D eigenvalue weighted by Gasteiger charge is 2.39. The van der Waals surface area contributed by atoms with Gasteiger partial charge >= 0.3 is 0 Å². The average molecular weight is 596 g/mol. The van der Waals surface area contributed by atoms with E-state index in [1.54, 1.807) is 12.1 Å². The van der Waals surface area contributed by atoms with Crippen molar-refractivity contribution in [2.45, 2.75) is 64.6 Å². The van der Waals surface area contributed by atoms with Gasteiger partial charge in [0.05, 0.1) is 17.8 Å². The number of aryl methyl sites for hydroxylation is 1. The first kappa shape index (κ1) is 30.8. The number of likely N-dealkylation sites (tertiary alicyclic amines) is 1. The summed E-state index contributed by atoms with van der Waals surface area (Å²) in [6.45, 7) is 15.3. The number of benzene rings is 2. The molecule has 1 aromatic heterocycles. The molecule has 0 aliphatic carbocycles. The third-order valence-electron chi connectivity index (χ3n) is 8.24. The molecule has 0 spiro atoms. The standard InChI is InChI=1S/C31H42ClN5O3Si/c1-20-17-22(9-11-24(20)21-13-15-37(5)16-14-21)34-30-33-19-25(29(36-30)39-6)28(38)35-27-18-23(10-12-26(27)32)40-41(7,8)31(2,3)4/h9-12,17-19,21H,13-16H2,1-8H3,(H,35,38)(H,33,34,36). The lowest BCUT2D eigenvalue weighted by molar-refractivity contribution is 0.102. The molecule has 2 N–H and O–H groups in total. The van der Waals surface area contributed by atoms with E-state index in [4.69, 9.17) is 20.8 Å². The fourth-order valence-corrected chi connectivity index (χ4v) is 5.89. The third-order valence-corrected chi connectivity index (χ3v) is 12.9. The monoisotopic (exact) mass is 595 g/mol. The van der Waals surface area contributed by atoms with Gasteiger partial charge in [-0.1, -0.05) is 38.4 Å². The van der Waals surface area contributed by atoms with Gasteiger partial charge in [0.1, 0.15) is 11.3 Å². The van der Waals surface area contributed by atoms with Crippen molar-refractivity contribution >= 4 is 43.1 Å². The molecule has 220 valence electrons. The minimum Gasteiger partial charge on any atom is -0.543 e. The second kappa shape index (κ2) is 12.4. The van der Waals surface area contributed by atoms with Crippen LogP contribution in [0, 0.1) is 6.92 Å². The first-order valence-corrected chi connectivity index (χ1v) is 17.3. The number of anilines is 3. The lowest BCUT2D eigenvalue weighted by Crippen LogP contribution is -2.43. The molecule has 0 saturated carbocycles. The Morgan fingerprint density at radius 1 is 1.12 bits per heavy atom. The maximum Gasteiger partial charge on any atom is 0.262 e. The zero-order valence-corrected chi connectivity index (χ0v) is 27.1. The summed E-state index contributed by atoms with van der Waals surface area (Å²) < 4.78 is 11.9. The molecule has 2 aromatic carbocycles. The average Bonchev–Trinajstić information content (AvgIpc) is 2.90. The number of rotatable bonds is 8. The summed E-state index contributed by atoms with van der Waals surface area (Å²) in [5.41, 5.74) is 4.15. The van der Waals surface area contributed by atoms with E-state index in [1.807, 2.05) is 6.07 Å². The van der Waals surface area contributed by atoms with Crippen molar-refractivity contribution in [3.63, 3.8) is 0 Å². The zero-order valence-electron chi connectivity index (χ0n) is 25.4. The summed E-state index contributed by atoms with van der Waals surface area (Å²) in [6.07, 6.45) is 3.80. The smallest absolute Gasteiger partial charge is 0.262 e. The molecule has 1 amide bonds. The molecule has 4 rings (SSSR count). The number of hydrogen-bond acceptors (Lipinski definition) is 7. The van der Waals surface area contributed by atoms with Gasteiger partial charge in [-0.2, -0.15) is 4.98 Å². The van der Waals surface area contributed by atoms with Crippen LogP contribution in [0.1, 0.15) is 61.0 Å². The van der Waals surface area contributed by atoms with Gasteiger partial charge in [-0.15, -0.1) is 0 Å². The van der Waals surface area contributed by atoms with Crippen LogP contribution >= 0.6 is 11.6 Å². The molecule has 1 fully saturated rings. The Balaban J connectivity index is 1.48. The van der Waals surface area contributed by atoms with Crippen LogP contribution in [0.5, 0.6) is 11.6 Å². The van der Waals surface area contributed by atoms with Crippen LogP contribution in [-0.4, -0.2) is 56.3 Å². The quantitative estimate of drug-likeness (QED) is 0.259. The Morgan fingerprint density at radius 3 is 2.46 bits per heavy atom. The number of hydrogen-bond donors (Lipinski definition) is 2. The Morgan fingerprint density at radius 2 is 1.83 bits per heavy atom. The highest BCUT2D eigenvalue weighted by Crippen LogP contribution is 2.39. The molecule has 41 heavy (non-hydrogen) atoms. The zero-order chi connectivity index (χ0) is 29.9. The number of methoxy groups -OCH3 is 1. The molecular formula is C31H42ClN5O3Si. The fraction of sp³-hybridized carbons (Fsp3) is 0.452. The first-order valence-electron chi connectivity index (χ1n) is 14.0. The molecule has 0 unspecified atom stereocenters. The minimum atomic E-state index is -2.07. The second-order valence-electron chi connectivity index (χ2n) is 12.3. The van der Waals surface area contributed by atoms with Crippen molar-refractivity contribution in [3.05, 3.63) is 64.3 Å². The van der Waals surface area contributed by atoms with E-state index in [2.05, 4.69) is 91.5 Å². The number of nitrogens with one attached hydrogen (secondary N) is 2. The molecule has 1 aliphatic heterocycles. The van der Waals surface area contributed by atoms with E-state index in [1.165, 1.54) is 37.3 Å². The number of ether oxygens (including phenoxy) is 1. The van der Waals surface area contributed by atoms with Gasteiger partial charge in [0.15, 0.2) is 0 Å². The Hall–Kier alpha value is -3.14. The fourth-order valence-electron chi connectivity index (χ4n) is 4.70. The van der Waals surface area contributed by atoms with Crippen LogP contribution < -0.4 is 19.8 Å². The SMILES string of the molecule is COc1nc(Nc2ccc(C3CCN(C)CC3)c(C)c2)ncc1C(=O)Nc1cc(O[Si](C)(C)C(C)(C)C)ccc1Cl. The van der Waals surface area contributed by atoms with Crippen molar-refractivity contribution in [2.24, 2.45) is 0 Å². The van der Waals surface area contributed by atoms with Crippen LogP contribution in [0.2, 0.25) is 23.2 Å². The topological polar surface area (TPSA) is 88.6 Å². The lowest BCUT2D eigenvalue weighted by atomic mass is 9.87. The Labute approximate surface area is 250 Å². The summed E-state index contributed by atoms with van der Waals surface area (Å²) in [4.78, 5) is 24.5. The number of piperidine rings is 1. The van der Waals surface area contributed by atoms with Crippen LogP contribution in [0.15, 0.2) is 42.6 Å². The predicted octanol–water partition coefficient (Wildman–Crippen LogP) is 7.64. The summed E-state index contributed by atoms with van der Waals surface area (Å²) in [6, 6.07) is 11.7. The number of carbonyl (C=O) groups is 1. The van der Waals surface area contributed by atoms with Crippen molar-refractivity contribution < 1.29 is 14.0 Å². The lowest BCUT2D eigenvalue weighted by Gasteiger charge is -2.36. The second-order valence-corrected chi connectivity index (χ2v) is 17.5. The molecule has 1 aliphatic rings. The van der Waals surface area contributed by atoms with Gasteiger partial charge in [-0.05, 0) is 99.3 Å². The number of amides is 1. The van der Waals surface area contributed by atoms with E-state index in [-0.39, 0.29) is 16.5 Å². The number of aromatic nitrogens is 2. The number of nitrogens with zero attached hydrogens (tertiary/aromatic N) is 3. The van der Waals surface area contributed by atoms with E-state index in [0.29, 0.717) is 28.3 Å². The summed E-state index contributed by atoms with van der Waals surface area (Å²) in [7, 11) is 1.59. The number of halogens is 1.